The largest absolute Gasteiger partial charge is 0.491 e. The number of carbonyl (C=O) groups is 1. The summed E-state index contributed by atoms with van der Waals surface area (Å²) in [5.41, 5.74) is 3.51. The number of aromatic nitrogens is 2. The number of nitrogens with zero attached hydrogens (tertiary/aromatic N) is 2. The van der Waals surface area contributed by atoms with E-state index in [1.54, 1.807) is 12.1 Å². The Bertz CT molecular complexity index is 1190. The van der Waals surface area contributed by atoms with E-state index in [0.29, 0.717) is 17.9 Å². The molecule has 1 aromatic heterocycles. The summed E-state index contributed by atoms with van der Waals surface area (Å²) in [6.07, 6.45) is 0.195. The molecule has 0 fully saturated rings. The van der Waals surface area contributed by atoms with Gasteiger partial charge in [0.15, 0.2) is 0 Å². The van der Waals surface area contributed by atoms with Gasteiger partial charge in [0.05, 0.1) is 24.1 Å². The maximum absolute atomic E-state index is 12.5. The molecule has 0 aliphatic heterocycles. The smallest absolute Gasteiger partial charge is 0.251 e. The maximum Gasteiger partial charge on any atom is 0.251 e. The van der Waals surface area contributed by atoms with Crippen molar-refractivity contribution in [2.24, 2.45) is 0 Å². The minimum Gasteiger partial charge on any atom is -0.491 e. The van der Waals surface area contributed by atoms with Crippen LogP contribution in [0.15, 0.2) is 78.9 Å². The van der Waals surface area contributed by atoms with Crippen LogP contribution in [0, 0.1) is 0 Å². The number of fused-ring (bicyclic) bond motifs is 1. The van der Waals surface area contributed by atoms with Gasteiger partial charge in [0.1, 0.15) is 24.3 Å². The lowest BCUT2D eigenvalue weighted by molar-refractivity contribution is 0.0916. The first kappa shape index (κ1) is 21.6. The highest BCUT2D eigenvalue weighted by molar-refractivity contribution is 5.94. The van der Waals surface area contributed by atoms with Crippen molar-refractivity contribution >= 4 is 16.9 Å². The molecule has 0 saturated carbocycles. The fourth-order valence-corrected chi connectivity index (χ4v) is 3.63. The van der Waals surface area contributed by atoms with Gasteiger partial charge in [-0.25, -0.2) is 4.98 Å². The van der Waals surface area contributed by atoms with Crippen LogP contribution in [0.5, 0.6) is 5.75 Å². The summed E-state index contributed by atoms with van der Waals surface area (Å²) in [5, 5.41) is 13.6. The Labute approximate surface area is 187 Å². The van der Waals surface area contributed by atoms with Gasteiger partial charge in [-0.2, -0.15) is 0 Å². The Morgan fingerprint density at radius 3 is 2.66 bits per heavy atom. The Kier molecular flexibility index (Phi) is 6.82. The van der Waals surface area contributed by atoms with E-state index in [1.165, 1.54) is 5.56 Å². The topological polar surface area (TPSA) is 76.4 Å². The number of hydrogen-bond donors (Lipinski definition) is 2. The fraction of sp³-hybridized carbons (Fsp3) is 0.231. The van der Waals surface area contributed by atoms with Crippen LogP contribution < -0.4 is 10.1 Å². The monoisotopic (exact) mass is 429 g/mol. The van der Waals surface area contributed by atoms with Gasteiger partial charge in [-0.1, -0.05) is 49.4 Å². The van der Waals surface area contributed by atoms with Gasteiger partial charge in [0.25, 0.3) is 5.91 Å². The number of hydrogen-bond acceptors (Lipinski definition) is 4. The average Bonchev–Trinajstić information content (AvgIpc) is 3.19. The highest BCUT2D eigenvalue weighted by atomic mass is 16.5. The standard InChI is InChI=1S/C26H27N3O3/c1-2-19-9-8-12-22(15-19)32-18-21(30)17-29-24-14-7-6-13-23(24)28-25(29)16-27-26(31)20-10-4-3-5-11-20/h3-15,21,30H,2,16-18H2,1H3,(H,27,31). The molecule has 164 valence electrons. The summed E-state index contributed by atoms with van der Waals surface area (Å²) in [5.74, 6) is 1.26. The molecule has 1 unspecified atom stereocenters. The van der Waals surface area contributed by atoms with Crippen molar-refractivity contribution in [2.45, 2.75) is 32.5 Å². The van der Waals surface area contributed by atoms with Crippen molar-refractivity contribution in [3.63, 3.8) is 0 Å². The predicted molar refractivity (Wildman–Crippen MR) is 125 cm³/mol. The normalized spacial score (nSPS) is 11.9. The lowest BCUT2D eigenvalue weighted by Gasteiger charge is -2.16. The molecule has 3 aromatic carbocycles. The van der Waals surface area contributed by atoms with Gasteiger partial charge in [-0.3, -0.25) is 4.79 Å². The van der Waals surface area contributed by atoms with Gasteiger partial charge in [0.2, 0.25) is 0 Å². The molecule has 0 spiro atoms. The number of nitrogens with one attached hydrogen (secondary N) is 1. The maximum atomic E-state index is 12.5. The summed E-state index contributed by atoms with van der Waals surface area (Å²) >= 11 is 0. The first-order valence-corrected chi connectivity index (χ1v) is 10.8. The molecule has 1 amide bonds. The molecule has 1 atom stereocenters. The van der Waals surface area contributed by atoms with Crippen molar-refractivity contribution in [1.29, 1.82) is 0 Å². The Hall–Kier alpha value is -3.64. The summed E-state index contributed by atoms with van der Waals surface area (Å²) in [7, 11) is 0. The molecule has 6 nitrogen and oxygen atoms in total. The van der Waals surface area contributed by atoms with E-state index in [1.807, 2.05) is 65.2 Å². The van der Waals surface area contributed by atoms with Crippen molar-refractivity contribution < 1.29 is 14.6 Å². The summed E-state index contributed by atoms with van der Waals surface area (Å²) in [6, 6.07) is 24.7. The highest BCUT2D eigenvalue weighted by Crippen LogP contribution is 2.18. The number of aliphatic hydroxyl groups is 1. The minimum atomic E-state index is -0.735. The first-order chi connectivity index (χ1) is 15.6. The number of aryl methyl sites for hydroxylation is 1. The van der Waals surface area contributed by atoms with Gasteiger partial charge >= 0.3 is 0 Å². The molecule has 0 radical (unpaired) electrons. The lowest BCUT2D eigenvalue weighted by atomic mass is 10.2. The van der Waals surface area contributed by atoms with Crippen molar-refractivity contribution in [3.05, 3.63) is 95.8 Å². The second-order valence-corrected chi connectivity index (χ2v) is 7.64. The third kappa shape index (κ3) is 5.15. The number of rotatable bonds is 9. The quantitative estimate of drug-likeness (QED) is 0.422. The van der Waals surface area contributed by atoms with E-state index >= 15 is 0 Å². The van der Waals surface area contributed by atoms with Crippen LogP contribution in [0.25, 0.3) is 11.0 Å². The van der Waals surface area contributed by atoms with E-state index in [2.05, 4.69) is 23.3 Å². The number of amides is 1. The van der Waals surface area contributed by atoms with Crippen LogP contribution in [0.2, 0.25) is 0 Å². The Morgan fingerprint density at radius 1 is 1.06 bits per heavy atom. The van der Waals surface area contributed by atoms with E-state index < -0.39 is 6.10 Å². The third-order valence-electron chi connectivity index (χ3n) is 5.32. The number of carbonyl (C=O) groups excluding carboxylic acids is 1. The molecule has 0 aliphatic rings. The molecule has 6 heteroatoms. The molecule has 0 aliphatic carbocycles. The van der Waals surface area contributed by atoms with Crippen molar-refractivity contribution in [3.8, 4) is 5.75 Å². The van der Waals surface area contributed by atoms with E-state index in [4.69, 9.17) is 4.74 Å². The number of benzene rings is 3. The molecule has 4 aromatic rings. The molecular formula is C26H27N3O3. The molecule has 4 rings (SSSR count). The number of ether oxygens (including phenoxy) is 1. The van der Waals surface area contributed by atoms with E-state index in [0.717, 1.165) is 23.2 Å². The van der Waals surface area contributed by atoms with Crippen LogP contribution in [0.4, 0.5) is 0 Å². The summed E-state index contributed by atoms with van der Waals surface area (Å²) in [4.78, 5) is 17.1. The average molecular weight is 430 g/mol. The molecule has 2 N–H and O–H groups in total. The fourth-order valence-electron chi connectivity index (χ4n) is 3.63. The zero-order valence-corrected chi connectivity index (χ0v) is 18.1. The second-order valence-electron chi connectivity index (χ2n) is 7.64. The van der Waals surface area contributed by atoms with Crippen LogP contribution in [0.1, 0.15) is 28.7 Å². The van der Waals surface area contributed by atoms with Gasteiger partial charge in [-0.05, 0) is 48.4 Å². The second kappa shape index (κ2) is 10.1. The molecule has 0 saturated heterocycles. The zero-order valence-electron chi connectivity index (χ0n) is 18.1. The first-order valence-electron chi connectivity index (χ1n) is 10.8. The number of aliphatic hydroxyl groups excluding tert-OH is 1. The van der Waals surface area contributed by atoms with E-state index in [9.17, 15) is 9.90 Å². The van der Waals surface area contributed by atoms with Gasteiger partial charge in [-0.15, -0.1) is 0 Å². The number of para-hydroxylation sites is 2. The van der Waals surface area contributed by atoms with Crippen molar-refractivity contribution in [1.82, 2.24) is 14.9 Å². The zero-order chi connectivity index (χ0) is 22.3. The molecule has 0 bridgehead atoms. The molecule has 32 heavy (non-hydrogen) atoms. The summed E-state index contributed by atoms with van der Waals surface area (Å²) < 4.78 is 7.76. The van der Waals surface area contributed by atoms with Crippen LogP contribution in [0.3, 0.4) is 0 Å². The highest BCUT2D eigenvalue weighted by Gasteiger charge is 2.16. The van der Waals surface area contributed by atoms with E-state index in [-0.39, 0.29) is 19.1 Å². The van der Waals surface area contributed by atoms with Crippen LogP contribution >= 0.6 is 0 Å². The van der Waals surface area contributed by atoms with Crippen LogP contribution in [-0.2, 0) is 19.5 Å². The lowest BCUT2D eigenvalue weighted by Crippen LogP contribution is -2.28. The van der Waals surface area contributed by atoms with Crippen molar-refractivity contribution in [2.75, 3.05) is 6.61 Å². The Morgan fingerprint density at radius 2 is 1.84 bits per heavy atom. The molecular weight excluding hydrogens is 402 g/mol. The third-order valence-corrected chi connectivity index (χ3v) is 5.32. The predicted octanol–water partition coefficient (Wildman–Crippen LogP) is 3.97. The Balaban J connectivity index is 1.46. The van der Waals surface area contributed by atoms with Gasteiger partial charge in [0, 0.05) is 5.56 Å². The SMILES string of the molecule is CCc1cccc(OCC(O)Cn2c(CNC(=O)c3ccccc3)nc3ccccc32)c1. The minimum absolute atomic E-state index is 0.162. The van der Waals surface area contributed by atoms with Crippen LogP contribution in [-0.4, -0.2) is 33.3 Å². The number of imidazole rings is 1. The van der Waals surface area contributed by atoms with Gasteiger partial charge < -0.3 is 19.7 Å². The summed E-state index contributed by atoms with van der Waals surface area (Å²) in [6.45, 7) is 2.82. The molecule has 1 heterocycles.